The van der Waals surface area contributed by atoms with Crippen molar-refractivity contribution in [2.24, 2.45) is 5.92 Å². The van der Waals surface area contributed by atoms with Crippen molar-refractivity contribution in [3.8, 4) is 0 Å². The Morgan fingerprint density at radius 3 is 2.37 bits per heavy atom. The van der Waals surface area contributed by atoms with Gasteiger partial charge in [0, 0.05) is 19.6 Å². The number of carbonyl (C=O) groups excluding carboxylic acids is 2. The molecule has 1 heterocycles. The lowest BCUT2D eigenvalue weighted by atomic mass is 10.2. The number of nitrogens with zero attached hydrogens (tertiary/aromatic N) is 1. The van der Waals surface area contributed by atoms with Crippen LogP contribution >= 0.6 is 0 Å². The first kappa shape index (κ1) is 15.9. The van der Waals surface area contributed by atoms with Crippen molar-refractivity contribution in [1.82, 2.24) is 15.5 Å². The third-order valence-electron chi connectivity index (χ3n) is 2.79. The maximum absolute atomic E-state index is 11.7. The van der Waals surface area contributed by atoms with Gasteiger partial charge in [-0.05, 0) is 19.8 Å². The van der Waals surface area contributed by atoms with Crippen LogP contribution in [0.15, 0.2) is 0 Å². The van der Waals surface area contributed by atoms with E-state index in [0.717, 1.165) is 0 Å². The van der Waals surface area contributed by atoms with Gasteiger partial charge in [-0.1, -0.05) is 13.8 Å². The van der Waals surface area contributed by atoms with E-state index in [1.165, 1.54) is 0 Å². The van der Waals surface area contributed by atoms with E-state index < -0.39 is 6.03 Å². The molecule has 6 heteroatoms. The van der Waals surface area contributed by atoms with Gasteiger partial charge in [0.1, 0.15) is 0 Å². The topological polar surface area (TPSA) is 70.7 Å². The predicted molar refractivity (Wildman–Crippen MR) is 72.8 cm³/mol. The minimum Gasteiger partial charge on any atom is -0.373 e. The maximum atomic E-state index is 11.7. The van der Waals surface area contributed by atoms with Crippen LogP contribution in [0.3, 0.4) is 0 Å². The predicted octanol–water partition coefficient (Wildman–Crippen LogP) is 0.577. The third kappa shape index (κ3) is 6.54. The number of nitrogens with one attached hydrogen (secondary N) is 2. The number of urea groups is 1. The molecule has 0 radical (unpaired) electrons. The number of hydrogen-bond donors (Lipinski definition) is 2. The zero-order chi connectivity index (χ0) is 14.4. The fraction of sp³-hybridized carbons (Fsp3) is 0.846. The van der Waals surface area contributed by atoms with E-state index in [9.17, 15) is 9.59 Å². The van der Waals surface area contributed by atoms with Crippen molar-refractivity contribution in [2.45, 2.75) is 39.9 Å². The van der Waals surface area contributed by atoms with Gasteiger partial charge in [0.15, 0.2) is 0 Å². The SMILES string of the molecule is CC(C)CNC(=O)NC(=O)CN1C[C@@H](C)O[C@H](C)C1. The molecular weight excluding hydrogens is 246 g/mol. The fourth-order valence-electron chi connectivity index (χ4n) is 2.12. The molecule has 0 unspecified atom stereocenters. The lowest BCUT2D eigenvalue weighted by Gasteiger charge is -2.34. The highest BCUT2D eigenvalue weighted by atomic mass is 16.5. The van der Waals surface area contributed by atoms with Crippen molar-refractivity contribution in [3.63, 3.8) is 0 Å². The third-order valence-corrected chi connectivity index (χ3v) is 2.79. The molecule has 1 aliphatic rings. The fourth-order valence-corrected chi connectivity index (χ4v) is 2.12. The van der Waals surface area contributed by atoms with Crippen LogP contribution in [0.25, 0.3) is 0 Å². The monoisotopic (exact) mass is 271 g/mol. The second-order valence-corrected chi connectivity index (χ2v) is 5.60. The van der Waals surface area contributed by atoms with Crippen LogP contribution in [0.4, 0.5) is 4.79 Å². The first-order valence-corrected chi connectivity index (χ1v) is 6.82. The molecule has 0 aromatic heterocycles. The molecule has 3 amide bonds. The van der Waals surface area contributed by atoms with Crippen molar-refractivity contribution < 1.29 is 14.3 Å². The van der Waals surface area contributed by atoms with Gasteiger partial charge in [-0.15, -0.1) is 0 Å². The Labute approximate surface area is 114 Å². The lowest BCUT2D eigenvalue weighted by molar-refractivity contribution is -0.124. The van der Waals surface area contributed by atoms with Gasteiger partial charge >= 0.3 is 6.03 Å². The van der Waals surface area contributed by atoms with Crippen LogP contribution in [0.1, 0.15) is 27.7 Å². The number of imide groups is 1. The summed E-state index contributed by atoms with van der Waals surface area (Å²) in [5, 5.41) is 4.99. The Morgan fingerprint density at radius 2 is 1.84 bits per heavy atom. The zero-order valence-electron chi connectivity index (χ0n) is 12.2. The minimum absolute atomic E-state index is 0.117. The highest BCUT2D eigenvalue weighted by Crippen LogP contribution is 2.09. The molecule has 110 valence electrons. The molecule has 0 aromatic rings. The van der Waals surface area contributed by atoms with Gasteiger partial charge in [-0.2, -0.15) is 0 Å². The standard InChI is InChI=1S/C13H25N3O3/c1-9(2)5-14-13(18)15-12(17)8-16-6-10(3)19-11(4)7-16/h9-11H,5-8H2,1-4H3,(H2,14,15,17,18)/t10-,11-/m1/s1. The molecule has 19 heavy (non-hydrogen) atoms. The van der Waals surface area contributed by atoms with Crippen LogP contribution in [0.5, 0.6) is 0 Å². The molecule has 2 N–H and O–H groups in total. The van der Waals surface area contributed by atoms with Gasteiger partial charge in [-0.3, -0.25) is 15.0 Å². The first-order valence-electron chi connectivity index (χ1n) is 6.82. The quantitative estimate of drug-likeness (QED) is 0.784. The van der Waals surface area contributed by atoms with E-state index in [-0.39, 0.29) is 24.7 Å². The van der Waals surface area contributed by atoms with Crippen LogP contribution < -0.4 is 10.6 Å². The summed E-state index contributed by atoms with van der Waals surface area (Å²) in [4.78, 5) is 25.2. The Hall–Kier alpha value is -1.14. The molecular formula is C13H25N3O3. The number of morpholine rings is 1. The Kier molecular flexibility index (Phi) is 6.24. The van der Waals surface area contributed by atoms with Gasteiger partial charge in [0.25, 0.3) is 0 Å². The van der Waals surface area contributed by atoms with Crippen LogP contribution in [-0.2, 0) is 9.53 Å². The second-order valence-electron chi connectivity index (χ2n) is 5.60. The normalized spacial score (nSPS) is 24.3. The largest absolute Gasteiger partial charge is 0.373 e. The minimum atomic E-state index is -0.423. The molecule has 2 atom stereocenters. The molecule has 0 saturated carbocycles. The van der Waals surface area contributed by atoms with Crippen molar-refractivity contribution in [1.29, 1.82) is 0 Å². The molecule has 0 aromatic carbocycles. The maximum Gasteiger partial charge on any atom is 0.321 e. The van der Waals surface area contributed by atoms with E-state index in [2.05, 4.69) is 10.6 Å². The van der Waals surface area contributed by atoms with Gasteiger partial charge in [-0.25, -0.2) is 4.79 Å². The number of carbonyl (C=O) groups is 2. The summed E-state index contributed by atoms with van der Waals surface area (Å²) in [6.45, 7) is 10.2. The number of amides is 3. The Bertz CT molecular complexity index is 310. The summed E-state index contributed by atoms with van der Waals surface area (Å²) in [5.74, 6) is 0.0874. The van der Waals surface area contributed by atoms with Gasteiger partial charge in [0.2, 0.25) is 5.91 Å². The van der Waals surface area contributed by atoms with E-state index in [1.54, 1.807) is 0 Å². The van der Waals surface area contributed by atoms with Crippen LogP contribution in [0.2, 0.25) is 0 Å². The smallest absolute Gasteiger partial charge is 0.321 e. The first-order chi connectivity index (χ1) is 8.86. The second kappa shape index (κ2) is 7.45. The summed E-state index contributed by atoms with van der Waals surface area (Å²) in [7, 11) is 0. The average molecular weight is 271 g/mol. The van der Waals surface area contributed by atoms with E-state index >= 15 is 0 Å². The summed E-state index contributed by atoms with van der Waals surface area (Å²) in [6, 6.07) is -0.423. The molecule has 1 fully saturated rings. The summed E-state index contributed by atoms with van der Waals surface area (Å²) in [5.41, 5.74) is 0. The van der Waals surface area contributed by atoms with E-state index in [0.29, 0.717) is 25.6 Å². The van der Waals surface area contributed by atoms with Gasteiger partial charge in [0.05, 0.1) is 18.8 Å². The highest BCUT2D eigenvalue weighted by Gasteiger charge is 2.24. The van der Waals surface area contributed by atoms with Crippen LogP contribution in [0, 0.1) is 5.92 Å². The lowest BCUT2D eigenvalue weighted by Crippen LogP contribution is -2.51. The van der Waals surface area contributed by atoms with Crippen LogP contribution in [-0.4, -0.2) is 55.2 Å². The summed E-state index contributed by atoms with van der Waals surface area (Å²) >= 11 is 0. The van der Waals surface area contributed by atoms with Crippen molar-refractivity contribution >= 4 is 11.9 Å². The average Bonchev–Trinajstić information content (AvgIpc) is 2.24. The number of hydrogen-bond acceptors (Lipinski definition) is 4. The highest BCUT2D eigenvalue weighted by molar-refractivity contribution is 5.95. The van der Waals surface area contributed by atoms with Crippen molar-refractivity contribution in [2.75, 3.05) is 26.2 Å². The molecule has 6 nitrogen and oxygen atoms in total. The Balaban J connectivity index is 2.28. The van der Waals surface area contributed by atoms with E-state index in [1.807, 2.05) is 32.6 Å². The molecule has 0 spiro atoms. The zero-order valence-corrected chi connectivity index (χ0v) is 12.2. The molecule has 1 rings (SSSR count). The van der Waals surface area contributed by atoms with Gasteiger partial charge < -0.3 is 10.1 Å². The Morgan fingerprint density at radius 1 is 1.26 bits per heavy atom. The molecule has 1 aliphatic heterocycles. The van der Waals surface area contributed by atoms with Crippen molar-refractivity contribution in [3.05, 3.63) is 0 Å². The summed E-state index contributed by atoms with van der Waals surface area (Å²) in [6.07, 6.45) is 0.234. The molecule has 0 aliphatic carbocycles. The number of ether oxygens (including phenoxy) is 1. The molecule has 0 bridgehead atoms. The summed E-state index contributed by atoms with van der Waals surface area (Å²) < 4.78 is 5.59. The van der Waals surface area contributed by atoms with E-state index in [4.69, 9.17) is 4.74 Å². The number of rotatable bonds is 4. The molecule has 1 saturated heterocycles.